The molecule has 1 N–H and O–H groups in total. The highest BCUT2D eigenvalue weighted by molar-refractivity contribution is 9.10. The SMILES string of the molecule is CCNC(=O)C(Cc1ccccc1)N(Cc1cccc(Br)c1)C(=O)CN(c1ccc(F)c(Cl)c1)S(=O)(=O)c1ccccc1. The van der Waals surface area contributed by atoms with Crippen molar-refractivity contribution in [1.29, 1.82) is 0 Å². The first-order valence-corrected chi connectivity index (χ1v) is 16.1. The molecule has 43 heavy (non-hydrogen) atoms. The Morgan fingerprint density at radius 3 is 2.19 bits per heavy atom. The normalized spacial score (nSPS) is 11.9. The first kappa shape index (κ1) is 32.2. The summed E-state index contributed by atoms with van der Waals surface area (Å²) >= 11 is 9.50. The Balaban J connectivity index is 1.81. The maximum absolute atomic E-state index is 14.3. The molecule has 2 amide bonds. The minimum absolute atomic E-state index is 0.00336. The van der Waals surface area contributed by atoms with Gasteiger partial charge in [-0.25, -0.2) is 12.8 Å². The van der Waals surface area contributed by atoms with Gasteiger partial charge in [0.2, 0.25) is 11.8 Å². The lowest BCUT2D eigenvalue weighted by Gasteiger charge is -2.34. The molecule has 11 heteroatoms. The monoisotopic (exact) mass is 685 g/mol. The fourth-order valence-corrected chi connectivity index (χ4v) is 6.62. The molecular weight excluding hydrogens is 657 g/mol. The van der Waals surface area contributed by atoms with Crippen LogP contribution in [0.5, 0.6) is 0 Å². The second kappa shape index (κ2) is 14.6. The number of hydrogen-bond acceptors (Lipinski definition) is 4. The summed E-state index contributed by atoms with van der Waals surface area (Å²) in [5.41, 5.74) is 1.56. The van der Waals surface area contributed by atoms with Crippen LogP contribution in [0.25, 0.3) is 0 Å². The second-order valence-electron chi connectivity index (χ2n) is 9.67. The highest BCUT2D eigenvalue weighted by Gasteiger charge is 2.34. The van der Waals surface area contributed by atoms with Gasteiger partial charge in [-0.3, -0.25) is 13.9 Å². The minimum atomic E-state index is -4.31. The molecule has 0 bridgehead atoms. The Bertz CT molecular complexity index is 1680. The van der Waals surface area contributed by atoms with E-state index in [2.05, 4.69) is 21.2 Å². The van der Waals surface area contributed by atoms with E-state index in [4.69, 9.17) is 11.6 Å². The molecule has 0 fully saturated rings. The Hall–Kier alpha value is -3.73. The smallest absolute Gasteiger partial charge is 0.264 e. The van der Waals surface area contributed by atoms with Gasteiger partial charge in [-0.05, 0) is 60.5 Å². The number of amides is 2. The van der Waals surface area contributed by atoms with Crippen molar-refractivity contribution >= 4 is 55.1 Å². The van der Waals surface area contributed by atoms with Crippen molar-refractivity contribution in [3.8, 4) is 0 Å². The Morgan fingerprint density at radius 2 is 1.56 bits per heavy atom. The number of sulfonamides is 1. The van der Waals surface area contributed by atoms with Crippen molar-refractivity contribution in [3.05, 3.63) is 130 Å². The van der Waals surface area contributed by atoms with Crippen LogP contribution in [0, 0.1) is 5.82 Å². The van der Waals surface area contributed by atoms with Crippen molar-refractivity contribution in [2.75, 3.05) is 17.4 Å². The number of hydrogen-bond donors (Lipinski definition) is 1. The summed E-state index contributed by atoms with van der Waals surface area (Å²) < 4.78 is 43.6. The van der Waals surface area contributed by atoms with Crippen LogP contribution in [0.2, 0.25) is 5.02 Å². The van der Waals surface area contributed by atoms with E-state index in [-0.39, 0.29) is 34.5 Å². The van der Waals surface area contributed by atoms with Gasteiger partial charge >= 0.3 is 0 Å². The third-order valence-corrected chi connectivity index (χ3v) is 9.24. The summed E-state index contributed by atoms with van der Waals surface area (Å²) in [6, 6.07) is 26.7. The Morgan fingerprint density at radius 1 is 0.907 bits per heavy atom. The third-order valence-electron chi connectivity index (χ3n) is 6.67. The van der Waals surface area contributed by atoms with Crippen LogP contribution in [-0.4, -0.2) is 44.3 Å². The first-order chi connectivity index (χ1) is 20.6. The number of nitrogens with one attached hydrogen (secondary N) is 1. The van der Waals surface area contributed by atoms with E-state index in [0.717, 1.165) is 32.0 Å². The van der Waals surface area contributed by atoms with Crippen molar-refractivity contribution in [3.63, 3.8) is 0 Å². The van der Waals surface area contributed by atoms with Gasteiger partial charge in [0, 0.05) is 24.0 Å². The minimum Gasteiger partial charge on any atom is -0.355 e. The highest BCUT2D eigenvalue weighted by atomic mass is 79.9. The zero-order valence-electron chi connectivity index (χ0n) is 23.3. The zero-order chi connectivity index (χ0) is 31.0. The molecule has 0 aliphatic carbocycles. The molecule has 0 aromatic heterocycles. The van der Waals surface area contributed by atoms with E-state index in [1.807, 2.05) is 54.6 Å². The Kier molecular flexibility index (Phi) is 11.0. The first-order valence-electron chi connectivity index (χ1n) is 13.5. The number of nitrogens with zero attached hydrogens (tertiary/aromatic N) is 2. The molecule has 4 aromatic carbocycles. The molecule has 1 atom stereocenters. The van der Waals surface area contributed by atoms with Gasteiger partial charge in [-0.1, -0.05) is 88.2 Å². The van der Waals surface area contributed by atoms with Crippen molar-refractivity contribution in [2.24, 2.45) is 0 Å². The lowest BCUT2D eigenvalue weighted by atomic mass is 10.0. The van der Waals surface area contributed by atoms with Gasteiger partial charge in [0.15, 0.2) is 0 Å². The summed E-state index contributed by atoms with van der Waals surface area (Å²) in [5, 5.41) is 2.52. The molecule has 1 unspecified atom stereocenters. The standard InChI is InChI=1S/C32H30BrClFN3O4S/c1-2-36-32(40)30(19-23-10-5-3-6-11-23)37(21-24-12-9-13-25(33)18-24)31(39)22-38(26-16-17-29(35)28(34)20-26)43(41,42)27-14-7-4-8-15-27/h3-18,20,30H,2,19,21-22H2,1H3,(H,36,40). The van der Waals surface area contributed by atoms with Gasteiger partial charge in [0.05, 0.1) is 15.6 Å². The molecule has 0 aliphatic rings. The van der Waals surface area contributed by atoms with Crippen LogP contribution in [0.15, 0.2) is 112 Å². The average molecular weight is 687 g/mol. The van der Waals surface area contributed by atoms with E-state index in [0.29, 0.717) is 6.54 Å². The molecule has 7 nitrogen and oxygen atoms in total. The summed E-state index contributed by atoms with van der Waals surface area (Å²) in [6.07, 6.45) is 0.195. The molecule has 4 aromatic rings. The van der Waals surface area contributed by atoms with Crippen molar-refractivity contribution in [1.82, 2.24) is 10.2 Å². The quantitative estimate of drug-likeness (QED) is 0.192. The number of benzene rings is 4. The molecular formula is C32H30BrClFN3O4S. The number of anilines is 1. The highest BCUT2D eigenvalue weighted by Crippen LogP contribution is 2.28. The summed E-state index contributed by atoms with van der Waals surface area (Å²) in [5.74, 6) is -1.74. The average Bonchev–Trinajstić information content (AvgIpc) is 3.00. The molecule has 224 valence electrons. The Labute approximate surface area is 264 Å². The van der Waals surface area contributed by atoms with E-state index in [1.54, 1.807) is 25.1 Å². The fourth-order valence-electron chi connectivity index (χ4n) is 4.57. The number of carbonyl (C=O) groups excluding carboxylic acids is 2. The topological polar surface area (TPSA) is 86.8 Å². The molecule has 0 radical (unpaired) electrons. The van der Waals surface area contributed by atoms with Gasteiger partial charge < -0.3 is 10.2 Å². The van der Waals surface area contributed by atoms with Gasteiger partial charge in [-0.2, -0.15) is 0 Å². The lowest BCUT2D eigenvalue weighted by molar-refractivity contribution is -0.140. The number of rotatable bonds is 12. The molecule has 0 saturated carbocycles. The van der Waals surface area contributed by atoms with Crippen LogP contribution in [0.1, 0.15) is 18.1 Å². The van der Waals surface area contributed by atoms with E-state index in [9.17, 15) is 22.4 Å². The predicted molar refractivity (Wildman–Crippen MR) is 170 cm³/mol. The zero-order valence-corrected chi connectivity index (χ0v) is 26.4. The predicted octanol–water partition coefficient (Wildman–Crippen LogP) is 6.21. The van der Waals surface area contributed by atoms with Crippen LogP contribution in [0.4, 0.5) is 10.1 Å². The summed E-state index contributed by atoms with van der Waals surface area (Å²) in [7, 11) is -4.31. The molecule has 0 saturated heterocycles. The maximum atomic E-state index is 14.3. The number of likely N-dealkylation sites (N-methyl/N-ethyl adjacent to an activating group) is 1. The lowest BCUT2D eigenvalue weighted by Crippen LogP contribution is -2.53. The van der Waals surface area contributed by atoms with Crippen LogP contribution < -0.4 is 9.62 Å². The number of carbonyl (C=O) groups is 2. The molecule has 0 aliphatic heterocycles. The van der Waals surface area contributed by atoms with E-state index < -0.39 is 34.3 Å². The molecule has 4 rings (SSSR count). The van der Waals surface area contributed by atoms with E-state index >= 15 is 0 Å². The maximum Gasteiger partial charge on any atom is 0.264 e. The summed E-state index contributed by atoms with van der Waals surface area (Å²) in [4.78, 5) is 29.1. The molecule has 0 heterocycles. The van der Waals surface area contributed by atoms with Crippen molar-refractivity contribution < 1.29 is 22.4 Å². The van der Waals surface area contributed by atoms with Gasteiger partial charge in [-0.15, -0.1) is 0 Å². The molecule has 0 spiro atoms. The van der Waals surface area contributed by atoms with Gasteiger partial charge in [0.1, 0.15) is 18.4 Å². The van der Waals surface area contributed by atoms with Crippen molar-refractivity contribution in [2.45, 2.75) is 30.8 Å². The largest absolute Gasteiger partial charge is 0.355 e. The number of halogens is 3. The van der Waals surface area contributed by atoms with E-state index in [1.165, 1.54) is 23.1 Å². The summed E-state index contributed by atoms with van der Waals surface area (Å²) in [6.45, 7) is 1.48. The van der Waals surface area contributed by atoms with Crippen LogP contribution in [-0.2, 0) is 32.6 Å². The van der Waals surface area contributed by atoms with Crippen LogP contribution in [0.3, 0.4) is 0 Å². The van der Waals surface area contributed by atoms with Gasteiger partial charge in [0.25, 0.3) is 10.0 Å². The fraction of sp³-hybridized carbons (Fsp3) is 0.188. The van der Waals surface area contributed by atoms with Crippen LogP contribution >= 0.6 is 27.5 Å². The third kappa shape index (κ3) is 8.22. The second-order valence-corrected chi connectivity index (χ2v) is 12.9.